The molecule has 0 unspecified atom stereocenters. The van der Waals surface area contributed by atoms with E-state index in [1.807, 2.05) is 57.2 Å². The molecule has 90 valence electrons. The van der Waals surface area contributed by atoms with Gasteiger partial charge in [-0.2, -0.15) is 0 Å². The van der Waals surface area contributed by atoms with Crippen LogP contribution in [0.5, 0.6) is 0 Å². The Morgan fingerprint density at radius 3 is 2.41 bits per heavy atom. The van der Waals surface area contributed by atoms with Crippen molar-refractivity contribution >= 4 is 12.0 Å². The molecule has 1 aliphatic heterocycles. The van der Waals surface area contributed by atoms with Gasteiger partial charge in [0.15, 0.2) is 0 Å². The van der Waals surface area contributed by atoms with Crippen molar-refractivity contribution in [2.75, 3.05) is 6.54 Å². The Kier molecular flexibility index (Phi) is 3.03. The van der Waals surface area contributed by atoms with Gasteiger partial charge in [-0.15, -0.1) is 5.06 Å². The Bertz CT molecular complexity index is 443. The van der Waals surface area contributed by atoms with E-state index in [0.29, 0.717) is 12.1 Å². The molecule has 2 rings (SSSR count). The topological polar surface area (TPSA) is 29.5 Å². The zero-order valence-electron chi connectivity index (χ0n) is 10.4. The molecule has 1 aromatic rings. The summed E-state index contributed by atoms with van der Waals surface area (Å²) in [6.07, 6.45) is 1.88. The summed E-state index contributed by atoms with van der Waals surface area (Å²) in [5.74, 6) is -0.247. The minimum absolute atomic E-state index is 0.165. The zero-order chi connectivity index (χ0) is 12.5. The van der Waals surface area contributed by atoms with Crippen LogP contribution in [0.4, 0.5) is 0 Å². The molecule has 17 heavy (non-hydrogen) atoms. The number of hydroxylamine groups is 2. The molecule has 3 heteroatoms. The molecule has 1 aliphatic rings. The maximum absolute atomic E-state index is 11.7. The van der Waals surface area contributed by atoms with E-state index in [1.54, 1.807) is 5.06 Å². The van der Waals surface area contributed by atoms with Crippen LogP contribution in [0.3, 0.4) is 0 Å². The molecule has 1 heterocycles. The number of benzene rings is 1. The molecule has 0 spiro atoms. The SMILES string of the molecule is CC(C)(C)N1C/C(=C/c2ccccc2)C(=O)O1. The third kappa shape index (κ3) is 2.74. The van der Waals surface area contributed by atoms with Crippen molar-refractivity contribution in [2.24, 2.45) is 0 Å². The highest BCUT2D eigenvalue weighted by molar-refractivity contribution is 5.95. The van der Waals surface area contributed by atoms with Crippen LogP contribution in [0.15, 0.2) is 35.9 Å². The van der Waals surface area contributed by atoms with Gasteiger partial charge in [-0.05, 0) is 32.4 Å². The molecule has 0 aromatic heterocycles. The van der Waals surface area contributed by atoms with Crippen LogP contribution < -0.4 is 0 Å². The first kappa shape index (κ1) is 11.9. The lowest BCUT2D eigenvalue weighted by atomic mass is 10.1. The summed E-state index contributed by atoms with van der Waals surface area (Å²) in [7, 11) is 0. The summed E-state index contributed by atoms with van der Waals surface area (Å²) in [6.45, 7) is 6.60. The summed E-state index contributed by atoms with van der Waals surface area (Å²) < 4.78 is 0. The fourth-order valence-corrected chi connectivity index (χ4v) is 1.64. The lowest BCUT2D eigenvalue weighted by Crippen LogP contribution is -2.38. The fraction of sp³-hybridized carbons (Fsp3) is 0.357. The smallest absolute Gasteiger partial charge is 0.354 e. The monoisotopic (exact) mass is 231 g/mol. The summed E-state index contributed by atoms with van der Waals surface area (Å²) in [4.78, 5) is 16.9. The van der Waals surface area contributed by atoms with E-state index < -0.39 is 0 Å². The van der Waals surface area contributed by atoms with E-state index in [-0.39, 0.29) is 11.5 Å². The number of hydrogen-bond donors (Lipinski definition) is 0. The lowest BCUT2D eigenvalue weighted by molar-refractivity contribution is -0.189. The van der Waals surface area contributed by atoms with E-state index >= 15 is 0 Å². The fourth-order valence-electron chi connectivity index (χ4n) is 1.64. The summed E-state index contributed by atoms with van der Waals surface area (Å²) >= 11 is 0. The lowest BCUT2D eigenvalue weighted by Gasteiger charge is -2.27. The molecule has 0 radical (unpaired) electrons. The molecule has 0 N–H and O–H groups in total. The predicted molar refractivity (Wildman–Crippen MR) is 67.0 cm³/mol. The maximum Gasteiger partial charge on any atom is 0.354 e. The van der Waals surface area contributed by atoms with Crippen molar-refractivity contribution in [3.63, 3.8) is 0 Å². The molecule has 0 atom stereocenters. The van der Waals surface area contributed by atoms with Gasteiger partial charge in [-0.1, -0.05) is 30.3 Å². The Labute approximate surface area is 102 Å². The van der Waals surface area contributed by atoms with Crippen molar-refractivity contribution < 1.29 is 9.63 Å². The molecule has 3 nitrogen and oxygen atoms in total. The van der Waals surface area contributed by atoms with Gasteiger partial charge in [-0.25, -0.2) is 4.79 Å². The normalized spacial score (nSPS) is 19.7. The van der Waals surface area contributed by atoms with Crippen molar-refractivity contribution in [1.29, 1.82) is 0 Å². The van der Waals surface area contributed by atoms with Gasteiger partial charge in [0.1, 0.15) is 0 Å². The average Bonchev–Trinajstić information content (AvgIpc) is 2.62. The maximum atomic E-state index is 11.7. The first-order valence-electron chi connectivity index (χ1n) is 5.72. The van der Waals surface area contributed by atoms with Crippen LogP contribution in [-0.2, 0) is 9.63 Å². The van der Waals surface area contributed by atoms with Crippen LogP contribution in [0, 0.1) is 0 Å². The van der Waals surface area contributed by atoms with Crippen molar-refractivity contribution in [3.05, 3.63) is 41.5 Å². The van der Waals surface area contributed by atoms with E-state index in [9.17, 15) is 4.79 Å². The van der Waals surface area contributed by atoms with E-state index in [1.165, 1.54) is 0 Å². The van der Waals surface area contributed by atoms with Gasteiger partial charge < -0.3 is 4.84 Å². The minimum atomic E-state index is -0.247. The largest absolute Gasteiger partial charge is 0.363 e. The third-order valence-electron chi connectivity index (χ3n) is 2.66. The number of nitrogens with zero attached hydrogens (tertiary/aromatic N) is 1. The van der Waals surface area contributed by atoms with Gasteiger partial charge in [0.05, 0.1) is 12.1 Å². The summed E-state index contributed by atoms with van der Waals surface area (Å²) in [5.41, 5.74) is 1.56. The zero-order valence-corrected chi connectivity index (χ0v) is 10.4. The molecule has 0 aliphatic carbocycles. The van der Waals surface area contributed by atoms with Crippen molar-refractivity contribution in [2.45, 2.75) is 26.3 Å². The second-order valence-corrected chi connectivity index (χ2v) is 5.17. The van der Waals surface area contributed by atoms with Gasteiger partial charge in [-0.3, -0.25) is 0 Å². The van der Waals surface area contributed by atoms with Crippen LogP contribution in [0.25, 0.3) is 6.08 Å². The molecule has 1 aromatic carbocycles. The van der Waals surface area contributed by atoms with Crippen LogP contribution in [0.1, 0.15) is 26.3 Å². The quantitative estimate of drug-likeness (QED) is 0.696. The van der Waals surface area contributed by atoms with Gasteiger partial charge in [0.25, 0.3) is 0 Å². The summed E-state index contributed by atoms with van der Waals surface area (Å²) in [6, 6.07) is 9.80. The van der Waals surface area contributed by atoms with Crippen LogP contribution in [0.2, 0.25) is 0 Å². The number of hydrogen-bond acceptors (Lipinski definition) is 3. The highest BCUT2D eigenvalue weighted by Gasteiger charge is 2.34. The number of carbonyl (C=O) groups is 1. The summed E-state index contributed by atoms with van der Waals surface area (Å²) in [5, 5.41) is 1.71. The van der Waals surface area contributed by atoms with Crippen molar-refractivity contribution in [1.82, 2.24) is 5.06 Å². The first-order chi connectivity index (χ1) is 7.97. The van der Waals surface area contributed by atoms with Crippen molar-refractivity contribution in [3.8, 4) is 0 Å². The Balaban J connectivity index is 2.19. The van der Waals surface area contributed by atoms with E-state index in [0.717, 1.165) is 5.56 Å². The first-order valence-corrected chi connectivity index (χ1v) is 5.72. The van der Waals surface area contributed by atoms with Gasteiger partial charge in [0.2, 0.25) is 0 Å². The molecular formula is C14H17NO2. The van der Waals surface area contributed by atoms with Crippen LogP contribution in [-0.4, -0.2) is 23.1 Å². The Morgan fingerprint density at radius 2 is 1.88 bits per heavy atom. The van der Waals surface area contributed by atoms with Crippen LogP contribution >= 0.6 is 0 Å². The van der Waals surface area contributed by atoms with Gasteiger partial charge >= 0.3 is 5.97 Å². The molecule has 0 bridgehead atoms. The second-order valence-electron chi connectivity index (χ2n) is 5.17. The Hall–Kier alpha value is -1.61. The Morgan fingerprint density at radius 1 is 1.24 bits per heavy atom. The molecule has 0 amide bonds. The minimum Gasteiger partial charge on any atom is -0.363 e. The number of rotatable bonds is 1. The predicted octanol–water partition coefficient (Wildman–Crippen LogP) is 2.64. The molecular weight excluding hydrogens is 214 g/mol. The molecule has 1 fully saturated rings. The standard InChI is InChI=1S/C14H17NO2/c1-14(2,3)15-10-12(13(16)17-15)9-11-7-5-4-6-8-11/h4-9H,10H2,1-3H3/b12-9-. The molecule has 0 saturated carbocycles. The van der Waals surface area contributed by atoms with Gasteiger partial charge in [0, 0.05) is 5.54 Å². The third-order valence-corrected chi connectivity index (χ3v) is 2.66. The van der Waals surface area contributed by atoms with E-state index in [2.05, 4.69) is 0 Å². The highest BCUT2D eigenvalue weighted by atomic mass is 16.7. The average molecular weight is 231 g/mol. The molecule has 1 saturated heterocycles. The number of carbonyl (C=O) groups excluding carboxylic acids is 1. The van der Waals surface area contributed by atoms with E-state index in [4.69, 9.17) is 4.84 Å². The second kappa shape index (κ2) is 4.34. The highest BCUT2D eigenvalue weighted by Crippen LogP contribution is 2.24.